The summed E-state index contributed by atoms with van der Waals surface area (Å²) in [4.78, 5) is 15.3. The van der Waals surface area contributed by atoms with Crippen LogP contribution >= 0.6 is 23.2 Å². The van der Waals surface area contributed by atoms with Crippen LogP contribution in [0.1, 0.15) is 37.7 Å². The number of nitrogens with zero attached hydrogens (tertiary/aromatic N) is 2. The van der Waals surface area contributed by atoms with Crippen molar-refractivity contribution in [3.8, 4) is 0 Å². The summed E-state index contributed by atoms with van der Waals surface area (Å²) >= 11 is 12.3. The summed E-state index contributed by atoms with van der Waals surface area (Å²) in [6.45, 7) is 2.68. The quantitative estimate of drug-likeness (QED) is 0.583. The van der Waals surface area contributed by atoms with Crippen molar-refractivity contribution in [2.45, 2.75) is 37.9 Å². The van der Waals surface area contributed by atoms with Crippen LogP contribution in [0.4, 0.5) is 11.4 Å². The van der Waals surface area contributed by atoms with E-state index in [1.807, 2.05) is 24.3 Å². The average Bonchev–Trinajstić information content (AvgIpc) is 2.83. The largest absolute Gasteiger partial charge is 0.372 e. The number of sulfonamides is 1. The van der Waals surface area contributed by atoms with Crippen molar-refractivity contribution in [3.05, 3.63) is 58.1 Å². The molecule has 2 aromatic carbocycles. The van der Waals surface area contributed by atoms with Crippen LogP contribution in [-0.2, 0) is 20.6 Å². The third kappa shape index (κ3) is 6.01. The predicted octanol–water partition coefficient (Wildman–Crippen LogP) is 5.16. The zero-order valence-corrected chi connectivity index (χ0v) is 20.8. The number of rotatable bonds is 6. The van der Waals surface area contributed by atoms with Gasteiger partial charge in [-0.05, 0) is 68.5 Å². The summed E-state index contributed by atoms with van der Waals surface area (Å²) in [5, 5.41) is 3.61. The average molecular weight is 510 g/mol. The van der Waals surface area contributed by atoms with Crippen molar-refractivity contribution in [1.82, 2.24) is 4.31 Å². The number of benzene rings is 2. The fourth-order valence-corrected chi connectivity index (χ4v) is 6.87. The highest BCUT2D eigenvalue weighted by atomic mass is 35.5. The first-order valence-electron chi connectivity index (χ1n) is 11.4. The second-order valence-corrected chi connectivity index (χ2v) is 11.5. The van der Waals surface area contributed by atoms with Gasteiger partial charge >= 0.3 is 0 Å². The molecule has 0 bridgehead atoms. The van der Waals surface area contributed by atoms with Crippen LogP contribution in [0.3, 0.4) is 0 Å². The van der Waals surface area contributed by atoms with E-state index in [-0.39, 0.29) is 18.2 Å². The Kier molecular flexibility index (Phi) is 7.84. The first-order valence-corrected chi connectivity index (χ1v) is 13.8. The molecule has 178 valence electrons. The Hall–Kier alpha value is -1.80. The Morgan fingerprint density at radius 1 is 0.939 bits per heavy atom. The predicted molar refractivity (Wildman–Crippen MR) is 135 cm³/mol. The van der Waals surface area contributed by atoms with Crippen molar-refractivity contribution in [3.63, 3.8) is 0 Å². The lowest BCUT2D eigenvalue weighted by Crippen LogP contribution is -2.44. The molecular formula is C24H29Cl2N3O3S. The number of hydrogen-bond donors (Lipinski definition) is 1. The highest BCUT2D eigenvalue weighted by Gasteiger charge is 2.33. The minimum Gasteiger partial charge on any atom is -0.372 e. The Balaban J connectivity index is 1.38. The molecule has 33 heavy (non-hydrogen) atoms. The third-order valence-electron chi connectivity index (χ3n) is 6.39. The van der Waals surface area contributed by atoms with E-state index in [1.54, 1.807) is 18.2 Å². The summed E-state index contributed by atoms with van der Waals surface area (Å²) in [6, 6.07) is 12.8. The van der Waals surface area contributed by atoms with Crippen LogP contribution in [0.25, 0.3) is 0 Å². The standard InChI is InChI=1S/C24H29Cl2N3O3S/c25-22-7-4-8-23(26)21(22)17-33(31,32)29-15-5-6-18(16-29)24(30)27-19-9-11-20(12-10-19)28-13-2-1-3-14-28/h4,7-12,18H,1-3,5-6,13-17H2,(H,27,30)/t18-/m0/s1. The van der Waals surface area contributed by atoms with E-state index in [1.165, 1.54) is 29.3 Å². The van der Waals surface area contributed by atoms with Crippen molar-refractivity contribution in [2.75, 3.05) is 36.4 Å². The topological polar surface area (TPSA) is 69.7 Å². The van der Waals surface area contributed by atoms with E-state index in [4.69, 9.17) is 23.2 Å². The lowest BCUT2D eigenvalue weighted by molar-refractivity contribution is -0.120. The van der Waals surface area contributed by atoms with Gasteiger partial charge in [0.15, 0.2) is 0 Å². The summed E-state index contributed by atoms with van der Waals surface area (Å²) < 4.78 is 27.5. The Bertz CT molecular complexity index is 1070. The Labute approximate surface area is 205 Å². The third-order valence-corrected chi connectivity index (χ3v) is 8.87. The van der Waals surface area contributed by atoms with E-state index in [0.29, 0.717) is 35.0 Å². The molecule has 2 aliphatic heterocycles. The van der Waals surface area contributed by atoms with Gasteiger partial charge in [0.2, 0.25) is 15.9 Å². The number of hydrogen-bond acceptors (Lipinski definition) is 4. The molecule has 2 heterocycles. The second-order valence-electron chi connectivity index (χ2n) is 8.74. The monoisotopic (exact) mass is 509 g/mol. The van der Waals surface area contributed by atoms with Crippen LogP contribution in [0.15, 0.2) is 42.5 Å². The fourth-order valence-electron chi connectivity index (χ4n) is 4.51. The first-order chi connectivity index (χ1) is 15.8. The maximum atomic E-state index is 13.0. The number of piperidine rings is 2. The van der Waals surface area contributed by atoms with Crippen molar-refractivity contribution in [2.24, 2.45) is 5.92 Å². The number of amides is 1. The SMILES string of the molecule is O=C(Nc1ccc(N2CCCCC2)cc1)[C@H]1CCCN(S(=O)(=O)Cc2c(Cl)cccc2Cl)C1. The smallest absolute Gasteiger partial charge is 0.228 e. The number of carbonyl (C=O) groups excluding carboxylic acids is 1. The zero-order valence-electron chi connectivity index (χ0n) is 18.5. The molecule has 0 saturated carbocycles. The van der Waals surface area contributed by atoms with E-state index in [9.17, 15) is 13.2 Å². The summed E-state index contributed by atoms with van der Waals surface area (Å²) in [6.07, 6.45) is 4.98. The number of halogens is 2. The molecule has 2 aliphatic rings. The molecule has 2 fully saturated rings. The molecule has 0 aromatic heterocycles. The van der Waals surface area contributed by atoms with E-state index < -0.39 is 15.9 Å². The van der Waals surface area contributed by atoms with Gasteiger partial charge in [0.1, 0.15) is 0 Å². The molecule has 0 aliphatic carbocycles. The highest BCUT2D eigenvalue weighted by Crippen LogP contribution is 2.29. The lowest BCUT2D eigenvalue weighted by Gasteiger charge is -2.31. The molecule has 0 spiro atoms. The lowest BCUT2D eigenvalue weighted by atomic mass is 9.98. The second kappa shape index (κ2) is 10.6. The first kappa shape index (κ1) is 24.3. The van der Waals surface area contributed by atoms with Crippen LogP contribution < -0.4 is 10.2 Å². The minimum atomic E-state index is -3.66. The summed E-state index contributed by atoms with van der Waals surface area (Å²) in [7, 11) is -3.66. The van der Waals surface area contributed by atoms with Crippen molar-refractivity contribution < 1.29 is 13.2 Å². The van der Waals surface area contributed by atoms with E-state index in [0.717, 1.165) is 18.8 Å². The van der Waals surface area contributed by atoms with Crippen LogP contribution in [0, 0.1) is 5.92 Å². The number of anilines is 2. The molecule has 2 saturated heterocycles. The molecule has 4 rings (SSSR count). The van der Waals surface area contributed by atoms with Gasteiger partial charge in [-0.3, -0.25) is 4.79 Å². The van der Waals surface area contributed by atoms with Crippen molar-refractivity contribution in [1.29, 1.82) is 0 Å². The molecule has 1 N–H and O–H groups in total. The van der Waals surface area contributed by atoms with E-state index in [2.05, 4.69) is 10.2 Å². The Morgan fingerprint density at radius 2 is 1.61 bits per heavy atom. The zero-order chi connectivity index (χ0) is 23.4. The van der Waals surface area contributed by atoms with Gasteiger partial charge < -0.3 is 10.2 Å². The highest BCUT2D eigenvalue weighted by molar-refractivity contribution is 7.88. The molecule has 9 heteroatoms. The van der Waals surface area contributed by atoms with Crippen LogP contribution in [0.5, 0.6) is 0 Å². The van der Waals surface area contributed by atoms with Gasteiger partial charge in [-0.25, -0.2) is 12.7 Å². The van der Waals surface area contributed by atoms with Crippen LogP contribution in [-0.4, -0.2) is 44.8 Å². The number of carbonyl (C=O) groups is 1. The molecule has 1 amide bonds. The van der Waals surface area contributed by atoms with Gasteiger partial charge in [-0.1, -0.05) is 29.3 Å². The molecule has 0 radical (unpaired) electrons. The van der Waals surface area contributed by atoms with E-state index >= 15 is 0 Å². The normalized spacial score (nSPS) is 19.9. The van der Waals surface area contributed by atoms with Gasteiger partial charge in [0.05, 0.1) is 11.7 Å². The summed E-state index contributed by atoms with van der Waals surface area (Å²) in [5.41, 5.74) is 2.28. The van der Waals surface area contributed by atoms with Crippen molar-refractivity contribution >= 4 is 50.5 Å². The maximum Gasteiger partial charge on any atom is 0.228 e. The maximum absolute atomic E-state index is 13.0. The Morgan fingerprint density at radius 3 is 2.27 bits per heavy atom. The molecule has 2 aromatic rings. The van der Waals surface area contributed by atoms with Gasteiger partial charge in [0.25, 0.3) is 0 Å². The minimum absolute atomic E-state index is 0.155. The molecule has 6 nitrogen and oxygen atoms in total. The van der Waals surface area contributed by atoms with Gasteiger partial charge in [-0.15, -0.1) is 0 Å². The fraction of sp³-hybridized carbons (Fsp3) is 0.458. The molecular weight excluding hydrogens is 481 g/mol. The molecule has 1 atom stereocenters. The molecule has 0 unspecified atom stereocenters. The van der Waals surface area contributed by atoms with Gasteiger partial charge in [0, 0.05) is 53.2 Å². The van der Waals surface area contributed by atoms with Gasteiger partial charge in [-0.2, -0.15) is 0 Å². The summed E-state index contributed by atoms with van der Waals surface area (Å²) in [5.74, 6) is -0.842. The number of nitrogens with one attached hydrogen (secondary N) is 1. The van der Waals surface area contributed by atoms with Crippen LogP contribution in [0.2, 0.25) is 10.0 Å².